The van der Waals surface area contributed by atoms with Gasteiger partial charge in [-0.25, -0.2) is 0 Å². The number of nitrogens with zero attached hydrogens (tertiary/aromatic N) is 2. The van der Waals surface area contributed by atoms with Gasteiger partial charge in [0.2, 0.25) is 0 Å². The summed E-state index contributed by atoms with van der Waals surface area (Å²) in [7, 11) is 0. The van der Waals surface area contributed by atoms with Crippen molar-refractivity contribution >= 4 is 11.6 Å². The van der Waals surface area contributed by atoms with Crippen molar-refractivity contribution in [2.75, 3.05) is 6.54 Å². The second-order valence-electron chi connectivity index (χ2n) is 5.46. The molecule has 22 heavy (non-hydrogen) atoms. The number of hydrogen-bond acceptors (Lipinski definition) is 4. The summed E-state index contributed by atoms with van der Waals surface area (Å²) in [6.07, 6.45) is 6.45. The lowest BCUT2D eigenvalue weighted by Gasteiger charge is -2.35. The van der Waals surface area contributed by atoms with Gasteiger partial charge >= 0.3 is 0 Å². The summed E-state index contributed by atoms with van der Waals surface area (Å²) in [5.41, 5.74) is 1.10. The van der Waals surface area contributed by atoms with Gasteiger partial charge in [0, 0.05) is 24.5 Å². The van der Waals surface area contributed by atoms with E-state index in [1.54, 1.807) is 11.1 Å². The molecule has 1 unspecified atom stereocenters. The van der Waals surface area contributed by atoms with Gasteiger partial charge in [-0.1, -0.05) is 6.08 Å². The van der Waals surface area contributed by atoms with Crippen LogP contribution in [0.5, 0.6) is 11.5 Å². The van der Waals surface area contributed by atoms with Gasteiger partial charge in [0.1, 0.15) is 11.5 Å². The Morgan fingerprint density at radius 3 is 2.82 bits per heavy atom. The molecule has 5 heteroatoms. The Hall–Kier alpha value is -2.30. The molecule has 1 heterocycles. The third kappa shape index (κ3) is 3.47. The normalized spacial score (nSPS) is 19.6. The molecule has 1 aromatic carbocycles. The fourth-order valence-electron chi connectivity index (χ4n) is 2.74. The number of amides is 1. The summed E-state index contributed by atoms with van der Waals surface area (Å²) in [5.74, 6) is -0.482. The first kappa shape index (κ1) is 16.1. The monoisotopic (exact) mass is 302 g/mol. The highest BCUT2D eigenvalue weighted by molar-refractivity contribution is 6.00. The van der Waals surface area contributed by atoms with Crippen molar-refractivity contribution in [3.8, 4) is 11.5 Å². The van der Waals surface area contributed by atoms with Gasteiger partial charge in [-0.05, 0) is 45.2 Å². The van der Waals surface area contributed by atoms with Crippen molar-refractivity contribution in [2.24, 2.45) is 4.99 Å². The van der Waals surface area contributed by atoms with Crippen molar-refractivity contribution in [3.05, 3.63) is 36.0 Å². The number of phenolic OH excluding ortho intramolecular Hbond substituents is 2. The maximum atomic E-state index is 12.7. The van der Waals surface area contributed by atoms with Gasteiger partial charge in [-0.15, -0.1) is 0 Å². The summed E-state index contributed by atoms with van der Waals surface area (Å²) in [6.45, 7) is 4.47. The number of allylic oxidation sites excluding steroid dienone is 1. The second-order valence-corrected chi connectivity index (χ2v) is 5.46. The van der Waals surface area contributed by atoms with E-state index in [1.807, 2.05) is 19.9 Å². The third-order valence-corrected chi connectivity index (χ3v) is 3.88. The SMILES string of the molecule is C/C=C\N=C(C)C1CCCCN1C(=O)c1ccc(O)cc1O. The summed E-state index contributed by atoms with van der Waals surface area (Å²) in [5, 5.41) is 19.3. The quantitative estimate of drug-likeness (QED) is 0.843. The summed E-state index contributed by atoms with van der Waals surface area (Å²) in [4.78, 5) is 18.9. The molecule has 2 N–H and O–H groups in total. The molecule has 1 atom stereocenters. The van der Waals surface area contributed by atoms with E-state index >= 15 is 0 Å². The van der Waals surface area contributed by atoms with Crippen LogP contribution in [-0.2, 0) is 0 Å². The first-order chi connectivity index (χ1) is 10.5. The molecule has 5 nitrogen and oxygen atoms in total. The van der Waals surface area contributed by atoms with Crippen LogP contribution in [0.15, 0.2) is 35.5 Å². The highest BCUT2D eigenvalue weighted by Gasteiger charge is 2.30. The van der Waals surface area contributed by atoms with Crippen molar-refractivity contribution in [3.63, 3.8) is 0 Å². The largest absolute Gasteiger partial charge is 0.508 e. The van der Waals surface area contributed by atoms with Crippen LogP contribution >= 0.6 is 0 Å². The van der Waals surface area contributed by atoms with E-state index in [0.29, 0.717) is 6.54 Å². The molecule has 0 radical (unpaired) electrons. The molecule has 0 aliphatic carbocycles. The lowest BCUT2D eigenvalue weighted by molar-refractivity contribution is 0.0677. The summed E-state index contributed by atoms with van der Waals surface area (Å²) >= 11 is 0. The lowest BCUT2D eigenvalue weighted by atomic mass is 9.97. The topological polar surface area (TPSA) is 73.1 Å². The lowest BCUT2D eigenvalue weighted by Crippen LogP contribution is -2.47. The highest BCUT2D eigenvalue weighted by atomic mass is 16.3. The summed E-state index contributed by atoms with van der Waals surface area (Å²) < 4.78 is 0. The van der Waals surface area contributed by atoms with E-state index in [1.165, 1.54) is 18.2 Å². The molecule has 1 saturated heterocycles. The van der Waals surface area contributed by atoms with E-state index < -0.39 is 0 Å². The zero-order valence-corrected chi connectivity index (χ0v) is 13.0. The fourth-order valence-corrected chi connectivity index (χ4v) is 2.74. The van der Waals surface area contributed by atoms with Crippen LogP contribution in [0.25, 0.3) is 0 Å². The number of piperidine rings is 1. The van der Waals surface area contributed by atoms with E-state index in [4.69, 9.17) is 0 Å². The molecule has 1 aliphatic heterocycles. The van der Waals surface area contributed by atoms with Crippen molar-refractivity contribution in [1.82, 2.24) is 4.90 Å². The number of likely N-dealkylation sites (tertiary alicyclic amines) is 1. The highest BCUT2D eigenvalue weighted by Crippen LogP contribution is 2.27. The number of benzene rings is 1. The fraction of sp³-hybridized carbons (Fsp3) is 0.412. The maximum Gasteiger partial charge on any atom is 0.258 e. The second kappa shape index (κ2) is 7.11. The molecule has 0 bridgehead atoms. The Labute approximate surface area is 130 Å². The number of hydrogen-bond donors (Lipinski definition) is 2. The van der Waals surface area contributed by atoms with Crippen LogP contribution in [0.2, 0.25) is 0 Å². The van der Waals surface area contributed by atoms with Crippen LogP contribution in [0.1, 0.15) is 43.5 Å². The minimum absolute atomic E-state index is 0.0503. The molecular formula is C17H22N2O3. The number of carbonyl (C=O) groups is 1. The predicted octanol–water partition coefficient (Wildman–Crippen LogP) is 3.09. The Morgan fingerprint density at radius 1 is 1.36 bits per heavy atom. The minimum atomic E-state index is -0.225. The van der Waals surface area contributed by atoms with Gasteiger partial charge in [-0.2, -0.15) is 0 Å². The van der Waals surface area contributed by atoms with Crippen molar-refractivity contribution < 1.29 is 15.0 Å². The van der Waals surface area contributed by atoms with Gasteiger partial charge in [0.25, 0.3) is 5.91 Å². The Bertz CT molecular complexity index is 608. The van der Waals surface area contributed by atoms with Crippen LogP contribution in [0.3, 0.4) is 0 Å². The molecule has 118 valence electrons. The first-order valence-electron chi connectivity index (χ1n) is 7.53. The van der Waals surface area contributed by atoms with E-state index in [0.717, 1.165) is 25.0 Å². The zero-order chi connectivity index (χ0) is 16.1. The van der Waals surface area contributed by atoms with Gasteiger partial charge < -0.3 is 15.1 Å². The van der Waals surface area contributed by atoms with Gasteiger partial charge in [-0.3, -0.25) is 9.79 Å². The maximum absolute atomic E-state index is 12.7. The Balaban J connectivity index is 2.28. The molecule has 1 fully saturated rings. The molecule has 1 aromatic rings. The molecule has 0 aromatic heterocycles. The Morgan fingerprint density at radius 2 is 2.14 bits per heavy atom. The molecule has 0 spiro atoms. The molecular weight excluding hydrogens is 280 g/mol. The minimum Gasteiger partial charge on any atom is -0.508 e. The zero-order valence-electron chi connectivity index (χ0n) is 13.0. The Kier molecular flexibility index (Phi) is 5.20. The van der Waals surface area contributed by atoms with Crippen molar-refractivity contribution in [1.29, 1.82) is 0 Å². The predicted molar refractivity (Wildman–Crippen MR) is 86.4 cm³/mol. The number of carbonyl (C=O) groups excluding carboxylic acids is 1. The molecule has 0 saturated carbocycles. The number of rotatable bonds is 3. The van der Waals surface area contributed by atoms with Crippen LogP contribution in [0, 0.1) is 0 Å². The first-order valence-corrected chi connectivity index (χ1v) is 7.53. The standard InChI is InChI=1S/C17H22N2O3/c1-3-9-18-12(2)15-6-4-5-10-19(15)17(22)14-8-7-13(20)11-16(14)21/h3,7-9,11,15,20-21H,4-6,10H2,1-2H3/b9-3-,18-12?. The average molecular weight is 302 g/mol. The molecule has 1 amide bonds. The number of aromatic hydroxyl groups is 2. The van der Waals surface area contributed by atoms with E-state index in [-0.39, 0.29) is 29.0 Å². The average Bonchev–Trinajstić information content (AvgIpc) is 2.52. The van der Waals surface area contributed by atoms with Crippen molar-refractivity contribution in [2.45, 2.75) is 39.2 Å². The summed E-state index contributed by atoms with van der Waals surface area (Å²) in [6, 6.07) is 4.00. The van der Waals surface area contributed by atoms with Crippen LogP contribution in [0.4, 0.5) is 0 Å². The number of phenols is 2. The third-order valence-electron chi connectivity index (χ3n) is 3.88. The van der Waals surface area contributed by atoms with Crippen LogP contribution in [-0.4, -0.2) is 39.3 Å². The van der Waals surface area contributed by atoms with Crippen LogP contribution < -0.4 is 0 Å². The number of aliphatic imine (C=N–C) groups is 1. The van der Waals surface area contributed by atoms with Gasteiger partial charge in [0.15, 0.2) is 0 Å². The smallest absolute Gasteiger partial charge is 0.258 e. The van der Waals surface area contributed by atoms with Gasteiger partial charge in [0.05, 0.1) is 11.6 Å². The van der Waals surface area contributed by atoms with E-state index in [9.17, 15) is 15.0 Å². The van der Waals surface area contributed by atoms with E-state index in [2.05, 4.69) is 4.99 Å². The molecule has 1 aliphatic rings. The molecule has 2 rings (SSSR count).